The number of benzene rings is 1. The molecule has 0 saturated heterocycles. The van der Waals surface area contributed by atoms with Crippen molar-refractivity contribution in [2.45, 2.75) is 33.4 Å². The normalized spacial score (nSPS) is 13.1. The number of rotatable bonds is 3. The summed E-state index contributed by atoms with van der Waals surface area (Å²) < 4.78 is 5.30. The predicted octanol–water partition coefficient (Wildman–Crippen LogP) is 2.51. The van der Waals surface area contributed by atoms with Crippen LogP contribution in [0.25, 0.3) is 0 Å². The minimum atomic E-state index is 0.00690. The van der Waals surface area contributed by atoms with Crippen molar-refractivity contribution in [3.05, 3.63) is 52.6 Å². The summed E-state index contributed by atoms with van der Waals surface area (Å²) in [6, 6.07) is 5.55. The van der Waals surface area contributed by atoms with Crippen molar-refractivity contribution in [3.8, 4) is 5.75 Å². The molecule has 5 nitrogen and oxygen atoms in total. The third kappa shape index (κ3) is 2.43. The molecular weight excluding hydrogens is 278 g/mol. The highest BCUT2D eigenvalue weighted by atomic mass is 16.5. The van der Waals surface area contributed by atoms with E-state index in [0.717, 1.165) is 34.8 Å². The zero-order chi connectivity index (χ0) is 15.7. The summed E-state index contributed by atoms with van der Waals surface area (Å²) in [6.07, 6.45) is 2.64. The zero-order valence-corrected chi connectivity index (χ0v) is 13.1. The molecule has 0 N–H and O–H groups in total. The van der Waals surface area contributed by atoms with Crippen LogP contribution in [0.3, 0.4) is 0 Å². The maximum Gasteiger partial charge on any atom is 0.254 e. The van der Waals surface area contributed by atoms with Gasteiger partial charge in [-0.2, -0.15) is 0 Å². The van der Waals surface area contributed by atoms with Gasteiger partial charge in [0.2, 0.25) is 0 Å². The maximum atomic E-state index is 12.8. The lowest BCUT2D eigenvalue weighted by molar-refractivity contribution is 0.0749. The summed E-state index contributed by atoms with van der Waals surface area (Å²) in [5.41, 5.74) is 3.54. The van der Waals surface area contributed by atoms with Gasteiger partial charge in [-0.15, -0.1) is 0 Å². The molecule has 1 aliphatic rings. The van der Waals surface area contributed by atoms with Crippen molar-refractivity contribution in [2.24, 2.45) is 0 Å². The van der Waals surface area contributed by atoms with Crippen molar-refractivity contribution < 1.29 is 9.53 Å². The third-order valence-electron chi connectivity index (χ3n) is 4.04. The minimum absolute atomic E-state index is 0.00690. The molecule has 0 spiro atoms. The number of fused-ring (bicyclic) bond motifs is 1. The molecule has 1 aliphatic heterocycles. The van der Waals surface area contributed by atoms with Crippen LogP contribution in [0.15, 0.2) is 24.4 Å². The number of carbonyl (C=O) groups excluding carboxylic acids is 1. The van der Waals surface area contributed by atoms with E-state index in [0.29, 0.717) is 18.7 Å². The fourth-order valence-corrected chi connectivity index (χ4v) is 2.75. The molecule has 0 saturated carbocycles. The minimum Gasteiger partial charge on any atom is -0.496 e. The Balaban J connectivity index is 1.86. The Hall–Kier alpha value is -2.43. The van der Waals surface area contributed by atoms with E-state index in [9.17, 15) is 4.79 Å². The van der Waals surface area contributed by atoms with Crippen molar-refractivity contribution in [1.82, 2.24) is 14.9 Å². The summed E-state index contributed by atoms with van der Waals surface area (Å²) in [5, 5.41) is 0. The monoisotopic (exact) mass is 297 g/mol. The second-order valence-electron chi connectivity index (χ2n) is 5.41. The standard InChI is InChI=1S/C17H19N3O2/c1-4-16-18-8-12-9-20(10-14(12)19-16)17(21)13-6-5-7-15(22-3)11(13)2/h5-8H,4,9-10H2,1-3H3. The number of carbonyl (C=O) groups is 1. The van der Waals surface area contributed by atoms with Crippen molar-refractivity contribution in [1.29, 1.82) is 0 Å². The molecule has 0 atom stereocenters. The third-order valence-corrected chi connectivity index (χ3v) is 4.04. The Bertz CT molecular complexity index is 728. The van der Waals surface area contributed by atoms with Crippen LogP contribution in [0.2, 0.25) is 0 Å². The molecule has 0 aliphatic carbocycles. The van der Waals surface area contributed by atoms with Gasteiger partial charge in [-0.25, -0.2) is 9.97 Å². The lowest BCUT2D eigenvalue weighted by Gasteiger charge is -2.17. The quantitative estimate of drug-likeness (QED) is 0.873. The van der Waals surface area contributed by atoms with Crippen molar-refractivity contribution in [2.75, 3.05) is 7.11 Å². The van der Waals surface area contributed by atoms with Gasteiger partial charge in [0.15, 0.2) is 0 Å². The smallest absolute Gasteiger partial charge is 0.254 e. The Morgan fingerprint density at radius 2 is 2.18 bits per heavy atom. The van der Waals surface area contributed by atoms with Crippen LogP contribution in [0.5, 0.6) is 5.75 Å². The highest BCUT2D eigenvalue weighted by molar-refractivity contribution is 5.96. The van der Waals surface area contributed by atoms with E-state index < -0.39 is 0 Å². The summed E-state index contributed by atoms with van der Waals surface area (Å²) in [5.74, 6) is 1.56. The molecule has 0 fully saturated rings. The van der Waals surface area contributed by atoms with Gasteiger partial charge in [-0.05, 0) is 19.1 Å². The van der Waals surface area contributed by atoms with Crippen LogP contribution in [-0.2, 0) is 19.5 Å². The van der Waals surface area contributed by atoms with Crippen LogP contribution >= 0.6 is 0 Å². The molecule has 2 heterocycles. The van der Waals surface area contributed by atoms with Crippen LogP contribution < -0.4 is 4.74 Å². The average molecular weight is 297 g/mol. The van der Waals surface area contributed by atoms with Gasteiger partial charge in [-0.3, -0.25) is 4.79 Å². The highest BCUT2D eigenvalue weighted by Crippen LogP contribution is 2.26. The number of nitrogens with zero attached hydrogens (tertiary/aromatic N) is 3. The van der Waals surface area contributed by atoms with Gasteiger partial charge in [0.1, 0.15) is 11.6 Å². The van der Waals surface area contributed by atoms with Crippen molar-refractivity contribution in [3.63, 3.8) is 0 Å². The molecule has 2 aromatic rings. The molecule has 0 radical (unpaired) electrons. The molecule has 3 rings (SSSR count). The molecule has 1 amide bonds. The Morgan fingerprint density at radius 1 is 1.36 bits per heavy atom. The van der Waals surface area contributed by atoms with Crippen LogP contribution in [0.4, 0.5) is 0 Å². The molecule has 114 valence electrons. The topological polar surface area (TPSA) is 55.3 Å². The van der Waals surface area contributed by atoms with E-state index in [-0.39, 0.29) is 5.91 Å². The van der Waals surface area contributed by atoms with Crippen LogP contribution in [-0.4, -0.2) is 27.9 Å². The Morgan fingerprint density at radius 3 is 2.91 bits per heavy atom. The molecule has 1 aromatic carbocycles. The second-order valence-corrected chi connectivity index (χ2v) is 5.41. The van der Waals surface area contributed by atoms with E-state index in [1.807, 2.05) is 38.2 Å². The second kappa shape index (κ2) is 5.75. The first-order chi connectivity index (χ1) is 10.6. The Kier molecular flexibility index (Phi) is 3.79. The molecule has 1 aromatic heterocycles. The molecule has 0 bridgehead atoms. The number of hydrogen-bond donors (Lipinski definition) is 0. The van der Waals surface area contributed by atoms with Gasteiger partial charge in [0.25, 0.3) is 5.91 Å². The summed E-state index contributed by atoms with van der Waals surface area (Å²) >= 11 is 0. The van der Waals surface area contributed by atoms with E-state index in [2.05, 4.69) is 9.97 Å². The lowest BCUT2D eigenvalue weighted by Crippen LogP contribution is -2.26. The number of ether oxygens (including phenoxy) is 1. The number of methoxy groups -OCH3 is 1. The average Bonchev–Trinajstić information content (AvgIpc) is 2.97. The molecule has 5 heteroatoms. The van der Waals surface area contributed by atoms with E-state index >= 15 is 0 Å². The van der Waals surface area contributed by atoms with E-state index in [1.165, 1.54) is 0 Å². The van der Waals surface area contributed by atoms with Gasteiger partial charge >= 0.3 is 0 Å². The van der Waals surface area contributed by atoms with Gasteiger partial charge in [0, 0.05) is 35.9 Å². The molecule has 22 heavy (non-hydrogen) atoms. The summed E-state index contributed by atoms with van der Waals surface area (Å²) in [4.78, 5) is 23.4. The number of aromatic nitrogens is 2. The first-order valence-electron chi connectivity index (χ1n) is 7.40. The van der Waals surface area contributed by atoms with Crippen LogP contribution in [0.1, 0.15) is 39.9 Å². The van der Waals surface area contributed by atoms with Gasteiger partial charge in [0.05, 0.1) is 19.3 Å². The summed E-state index contributed by atoms with van der Waals surface area (Å²) in [6.45, 7) is 5.04. The number of hydrogen-bond acceptors (Lipinski definition) is 4. The van der Waals surface area contributed by atoms with E-state index in [1.54, 1.807) is 12.0 Å². The van der Waals surface area contributed by atoms with Gasteiger partial charge in [-0.1, -0.05) is 13.0 Å². The maximum absolute atomic E-state index is 12.8. The highest BCUT2D eigenvalue weighted by Gasteiger charge is 2.27. The van der Waals surface area contributed by atoms with Gasteiger partial charge < -0.3 is 9.64 Å². The Labute approximate surface area is 130 Å². The summed E-state index contributed by atoms with van der Waals surface area (Å²) in [7, 11) is 1.62. The molecule has 0 unspecified atom stereocenters. The fraction of sp³-hybridized carbons (Fsp3) is 0.353. The first kappa shape index (κ1) is 14.5. The first-order valence-corrected chi connectivity index (χ1v) is 7.40. The van der Waals surface area contributed by atoms with Crippen LogP contribution in [0, 0.1) is 6.92 Å². The SMILES string of the molecule is CCc1ncc2c(n1)CN(C(=O)c1cccc(OC)c1C)C2. The number of aryl methyl sites for hydroxylation is 1. The van der Waals surface area contributed by atoms with Crippen molar-refractivity contribution >= 4 is 5.91 Å². The number of amides is 1. The van der Waals surface area contributed by atoms with E-state index in [4.69, 9.17) is 4.74 Å². The largest absolute Gasteiger partial charge is 0.496 e. The lowest BCUT2D eigenvalue weighted by atomic mass is 10.1. The predicted molar refractivity (Wildman–Crippen MR) is 82.7 cm³/mol. The fourth-order valence-electron chi connectivity index (χ4n) is 2.75. The molecular formula is C17H19N3O2. The zero-order valence-electron chi connectivity index (χ0n) is 13.1.